The zero-order valence-corrected chi connectivity index (χ0v) is 54.7. The predicted molar refractivity (Wildman–Crippen MR) is 316 cm³/mol. The van der Waals surface area contributed by atoms with E-state index in [1.165, 1.54) is 13.8 Å². The van der Waals surface area contributed by atoms with Gasteiger partial charge in [0.25, 0.3) is 0 Å². The second-order valence-electron chi connectivity index (χ2n) is 30.3. The Kier molecular flexibility index (Phi) is 22.2. The highest BCUT2D eigenvalue weighted by molar-refractivity contribution is 5.79. The smallest absolute Gasteiger partial charge is 0.315 e. The van der Waals surface area contributed by atoms with E-state index in [0.29, 0.717) is 57.8 Å². The molecule has 0 radical (unpaired) electrons. The lowest BCUT2D eigenvalue weighted by atomic mass is 9.33. The molecule has 6 aliphatic heterocycles. The van der Waals surface area contributed by atoms with E-state index in [1.807, 2.05) is 6.92 Å². The van der Waals surface area contributed by atoms with Crippen LogP contribution in [0.4, 0.5) is 0 Å². The highest BCUT2D eigenvalue weighted by Gasteiger charge is 2.71. The van der Waals surface area contributed by atoms with Crippen LogP contribution in [0.3, 0.4) is 0 Å². The van der Waals surface area contributed by atoms with Crippen LogP contribution in [0.5, 0.6) is 0 Å². The number of fused-ring (bicyclic) bond motifs is 7. The number of carbonyl (C=O) groups is 1. The van der Waals surface area contributed by atoms with Crippen LogP contribution in [0.2, 0.25) is 0 Å². The minimum Gasteiger partial charge on any atom is -0.432 e. The van der Waals surface area contributed by atoms with Crippen LogP contribution >= 0.6 is 0 Å². The molecule has 31 heteroatoms. The van der Waals surface area contributed by atoms with Crippen molar-refractivity contribution in [3.05, 3.63) is 11.6 Å². The first-order chi connectivity index (χ1) is 44.7. The minimum atomic E-state index is -1.98. The lowest BCUT2D eigenvalue weighted by Gasteiger charge is -2.71. The fraction of sp³-hybridized carbons (Fsp3) is 0.953. The number of hydrogen-bond donors (Lipinski definition) is 18. The van der Waals surface area contributed by atoms with Crippen LogP contribution in [-0.2, 0) is 61.6 Å². The molecule has 0 unspecified atom stereocenters. The van der Waals surface area contributed by atoms with Crippen molar-refractivity contribution in [2.75, 3.05) is 33.0 Å². The van der Waals surface area contributed by atoms with E-state index in [2.05, 4.69) is 33.8 Å². The topological polar surface area (TPSA) is 492 Å². The van der Waals surface area contributed by atoms with Gasteiger partial charge in [-0.05, 0) is 118 Å². The van der Waals surface area contributed by atoms with Gasteiger partial charge in [0.15, 0.2) is 31.5 Å². The predicted octanol–water partition coefficient (Wildman–Crippen LogP) is -5.11. The molecule has 0 bridgehead atoms. The molecule has 5 aliphatic carbocycles. The largest absolute Gasteiger partial charge is 0.432 e. The maximum Gasteiger partial charge on any atom is 0.315 e. The molecular formula is C64H104O31. The van der Waals surface area contributed by atoms with Gasteiger partial charge in [-0.25, -0.2) is 0 Å². The van der Waals surface area contributed by atoms with Crippen molar-refractivity contribution in [3.63, 3.8) is 0 Å². The van der Waals surface area contributed by atoms with E-state index >= 15 is 4.79 Å². The summed E-state index contributed by atoms with van der Waals surface area (Å²) in [7, 11) is 0. The van der Waals surface area contributed by atoms with Gasteiger partial charge in [-0.15, -0.1) is 0 Å². The lowest BCUT2D eigenvalue weighted by molar-refractivity contribution is -0.391. The van der Waals surface area contributed by atoms with Gasteiger partial charge in [-0.3, -0.25) is 4.79 Å². The van der Waals surface area contributed by atoms with Crippen LogP contribution < -0.4 is 0 Å². The molecule has 11 rings (SSSR count). The number of carbonyl (C=O) groups excluding carboxylic acids is 1. The zero-order valence-electron chi connectivity index (χ0n) is 54.7. The highest BCUT2D eigenvalue weighted by atomic mass is 16.8. The molecule has 95 heavy (non-hydrogen) atoms. The van der Waals surface area contributed by atoms with Crippen molar-refractivity contribution < 1.29 is 154 Å². The van der Waals surface area contributed by atoms with Gasteiger partial charge in [-0.1, -0.05) is 46.3 Å². The fourth-order valence-corrected chi connectivity index (χ4v) is 18.8. The number of ether oxygens (including phenoxy) is 12. The second-order valence-corrected chi connectivity index (χ2v) is 30.3. The van der Waals surface area contributed by atoms with Crippen molar-refractivity contribution >= 4 is 5.97 Å². The lowest BCUT2D eigenvalue weighted by Crippen LogP contribution is -2.67. The molecule has 0 aromatic heterocycles. The Morgan fingerprint density at radius 1 is 0.505 bits per heavy atom. The van der Waals surface area contributed by atoms with Crippen molar-refractivity contribution in [3.8, 4) is 0 Å². The standard InChI is InChI=1S/C64H104O31/c1-24-10-15-64(59(83)95-55-47(80)44(77)40(73)32(90-55)22-85-53-45(78)43(76)39(72)30(19-65)88-53)17-16-62(6)27(28(64)18-24)8-9-34-60(4)13-12-35(61(5,23-67)33(60)11-14-63(34,62)7)91-58-52(38(71)29(68)21-84-58)94-56-48(81)50(37(70)26(3)87-56)92-57-49(82)51(41(74)31(20-66)89-57)93-54-46(79)42(75)36(69)25(2)86-54/h8,24-26,28-58,65-82H,9-23H2,1-7H3/t24-,25+,26+,28+,29+,30-,31-,32-,33+,34+,35+,36+,37+,38+,39-,40-,41-,42-,43+,44+,45-,46-,47-,48-,49-,50-,51+,52-,53-,54+,55+,56+,57+,58+,60+,61+,62-,63+,64+/m1/s1. The molecule has 0 spiro atoms. The summed E-state index contributed by atoms with van der Waals surface area (Å²) < 4.78 is 71.4. The van der Waals surface area contributed by atoms with Crippen LogP contribution in [0, 0.1) is 50.7 Å². The Balaban J connectivity index is 0.775. The Morgan fingerprint density at radius 3 is 1.71 bits per heavy atom. The Labute approximate surface area is 550 Å². The van der Waals surface area contributed by atoms with Crippen LogP contribution in [0.25, 0.3) is 0 Å². The van der Waals surface area contributed by atoms with Crippen molar-refractivity contribution in [1.29, 1.82) is 0 Å². The summed E-state index contributed by atoms with van der Waals surface area (Å²) in [4.78, 5) is 15.1. The number of hydrogen-bond acceptors (Lipinski definition) is 31. The minimum absolute atomic E-state index is 0.0665. The van der Waals surface area contributed by atoms with Crippen LogP contribution in [0.15, 0.2) is 11.6 Å². The summed E-state index contributed by atoms with van der Waals surface area (Å²) in [5.74, 6) is -0.748. The number of esters is 1. The molecular weight excluding hydrogens is 1260 g/mol. The molecule has 0 aromatic rings. The summed E-state index contributed by atoms with van der Waals surface area (Å²) in [6, 6.07) is 0. The van der Waals surface area contributed by atoms with Gasteiger partial charge in [-0.2, -0.15) is 0 Å². The van der Waals surface area contributed by atoms with Crippen molar-refractivity contribution in [1.82, 2.24) is 0 Å². The molecule has 10 fully saturated rings. The molecule has 31 nitrogen and oxygen atoms in total. The first kappa shape index (κ1) is 74.2. The summed E-state index contributed by atoms with van der Waals surface area (Å²) >= 11 is 0. The van der Waals surface area contributed by atoms with Gasteiger partial charge in [0.2, 0.25) is 6.29 Å². The summed E-state index contributed by atoms with van der Waals surface area (Å²) in [5.41, 5.74) is -2.00. The number of allylic oxidation sites excluding steroid dienone is 2. The Hall–Kier alpha value is -1.95. The van der Waals surface area contributed by atoms with Crippen molar-refractivity contribution in [2.24, 2.45) is 50.7 Å². The maximum absolute atomic E-state index is 15.1. The Bertz CT molecular complexity index is 2650. The van der Waals surface area contributed by atoms with Crippen LogP contribution in [-0.4, -0.2) is 315 Å². The molecule has 0 amide bonds. The normalized spacial score (nSPS) is 55.8. The van der Waals surface area contributed by atoms with Gasteiger partial charge >= 0.3 is 5.97 Å². The van der Waals surface area contributed by atoms with Gasteiger partial charge in [0.1, 0.15) is 128 Å². The van der Waals surface area contributed by atoms with E-state index < -0.39 is 238 Å². The van der Waals surface area contributed by atoms with E-state index in [0.717, 1.165) is 12.0 Å². The van der Waals surface area contributed by atoms with Crippen molar-refractivity contribution in [2.45, 2.75) is 297 Å². The molecule has 546 valence electrons. The summed E-state index contributed by atoms with van der Waals surface area (Å²) in [6.45, 7) is 11.0. The zero-order chi connectivity index (χ0) is 69.1. The van der Waals surface area contributed by atoms with Gasteiger partial charge in [0.05, 0.1) is 56.8 Å². The first-order valence-electron chi connectivity index (χ1n) is 33.8. The molecule has 4 saturated carbocycles. The molecule has 0 aromatic carbocycles. The number of aliphatic hydroxyl groups is 18. The monoisotopic (exact) mass is 1370 g/mol. The van der Waals surface area contributed by atoms with E-state index in [-0.39, 0.29) is 35.7 Å². The number of rotatable bonds is 16. The fourth-order valence-electron chi connectivity index (χ4n) is 18.8. The van der Waals surface area contributed by atoms with E-state index in [4.69, 9.17) is 56.8 Å². The quantitative estimate of drug-likeness (QED) is 0.0390. The SMILES string of the molecule is C[C@@H]1CC[C@]2(C(=O)O[C@@H]3O[C@H](CO[C@@H]4O[C@H](CO)[C@@H](O)[C@H](O)[C@H]4O)[C@@H](O)[C@H](O)[C@H]3O)CC[C@]3(C)C(=CC[C@H]4[C@@]5(C)CC[C@H](O[C@@H]6OC[C@H](O)[C@H](O)[C@H]6O[C@@H]6O[C@@H](C)[C@H](O)[C@@H](O[C@@H]7O[C@H](CO)[C@@H](O)[C@H](O[C@@H]8O[C@@H](C)[C@H](O)[C@@H](O)[C@H]8O)[C@H]7O)[C@H]6O)[C@@](C)(CO)[C@H]5CC[C@@]43C)[C@@H]2C1. The summed E-state index contributed by atoms with van der Waals surface area (Å²) in [6.07, 6.45) is -40.7. The third-order valence-electron chi connectivity index (χ3n) is 25.0. The molecule has 6 heterocycles. The first-order valence-corrected chi connectivity index (χ1v) is 33.8. The molecule has 11 aliphatic rings. The Morgan fingerprint density at radius 2 is 1.05 bits per heavy atom. The third kappa shape index (κ3) is 12.7. The van der Waals surface area contributed by atoms with E-state index in [1.54, 1.807) is 0 Å². The number of aliphatic hydroxyl groups excluding tert-OH is 18. The van der Waals surface area contributed by atoms with Crippen LogP contribution in [0.1, 0.15) is 113 Å². The van der Waals surface area contributed by atoms with E-state index in [9.17, 15) is 91.9 Å². The average molecular weight is 1370 g/mol. The highest BCUT2D eigenvalue weighted by Crippen LogP contribution is 2.76. The summed E-state index contributed by atoms with van der Waals surface area (Å²) in [5, 5.41) is 196. The molecule has 39 atom stereocenters. The average Bonchev–Trinajstić information content (AvgIpc) is 0.673. The third-order valence-corrected chi connectivity index (χ3v) is 25.0. The molecule has 18 N–H and O–H groups in total. The maximum atomic E-state index is 15.1. The van der Waals surface area contributed by atoms with Gasteiger partial charge in [0, 0.05) is 5.41 Å². The second kappa shape index (κ2) is 28.4. The van der Waals surface area contributed by atoms with Gasteiger partial charge < -0.3 is 149 Å². The molecule has 6 saturated heterocycles.